The molecule has 3 rings (SSSR count). The zero-order valence-corrected chi connectivity index (χ0v) is 14.7. The SMILES string of the molecule is CNc1ccc2c(c1)C(OCc1ccccc1)C(OC)C(C)(C)O2. The molecule has 0 aliphatic carbocycles. The quantitative estimate of drug-likeness (QED) is 0.894. The maximum Gasteiger partial charge on any atom is 0.132 e. The second-order valence-corrected chi connectivity index (χ2v) is 6.58. The van der Waals surface area contributed by atoms with Crippen LogP contribution in [-0.2, 0) is 16.1 Å². The highest BCUT2D eigenvalue weighted by Gasteiger charge is 2.45. The van der Waals surface area contributed by atoms with Gasteiger partial charge in [-0.2, -0.15) is 0 Å². The number of hydrogen-bond acceptors (Lipinski definition) is 4. The molecule has 0 aromatic heterocycles. The van der Waals surface area contributed by atoms with Crippen LogP contribution in [0.5, 0.6) is 5.75 Å². The number of fused-ring (bicyclic) bond motifs is 1. The Morgan fingerprint density at radius 3 is 2.54 bits per heavy atom. The Kier molecular flexibility index (Phi) is 4.78. The lowest BCUT2D eigenvalue weighted by Crippen LogP contribution is -2.50. The van der Waals surface area contributed by atoms with E-state index in [1.807, 2.05) is 51.2 Å². The molecule has 2 unspecified atom stereocenters. The first-order valence-electron chi connectivity index (χ1n) is 8.24. The second kappa shape index (κ2) is 6.83. The van der Waals surface area contributed by atoms with Gasteiger partial charge >= 0.3 is 0 Å². The summed E-state index contributed by atoms with van der Waals surface area (Å²) in [7, 11) is 3.62. The molecule has 0 saturated heterocycles. The molecule has 0 radical (unpaired) electrons. The second-order valence-electron chi connectivity index (χ2n) is 6.58. The third-order valence-corrected chi connectivity index (χ3v) is 4.46. The summed E-state index contributed by atoms with van der Waals surface area (Å²) in [6.45, 7) is 4.61. The highest BCUT2D eigenvalue weighted by molar-refractivity contribution is 5.53. The van der Waals surface area contributed by atoms with Gasteiger partial charge in [0, 0.05) is 25.4 Å². The van der Waals surface area contributed by atoms with Gasteiger partial charge in [0.1, 0.15) is 23.6 Å². The summed E-state index contributed by atoms with van der Waals surface area (Å²) in [5, 5.41) is 3.17. The van der Waals surface area contributed by atoms with Gasteiger partial charge in [-0.1, -0.05) is 30.3 Å². The van der Waals surface area contributed by atoms with E-state index in [-0.39, 0.29) is 12.2 Å². The molecule has 0 bridgehead atoms. The van der Waals surface area contributed by atoms with Crippen molar-refractivity contribution < 1.29 is 14.2 Å². The maximum absolute atomic E-state index is 6.30. The summed E-state index contributed by atoms with van der Waals surface area (Å²) in [4.78, 5) is 0. The van der Waals surface area contributed by atoms with E-state index >= 15 is 0 Å². The predicted molar refractivity (Wildman–Crippen MR) is 95.5 cm³/mol. The van der Waals surface area contributed by atoms with Crippen LogP contribution in [0.3, 0.4) is 0 Å². The van der Waals surface area contributed by atoms with Crippen LogP contribution < -0.4 is 10.1 Å². The van der Waals surface area contributed by atoms with Crippen molar-refractivity contribution in [2.75, 3.05) is 19.5 Å². The largest absolute Gasteiger partial charge is 0.485 e. The van der Waals surface area contributed by atoms with Gasteiger partial charge in [0.2, 0.25) is 0 Å². The van der Waals surface area contributed by atoms with E-state index in [1.165, 1.54) is 0 Å². The Hall–Kier alpha value is -2.04. The molecule has 1 aliphatic rings. The van der Waals surface area contributed by atoms with Crippen molar-refractivity contribution in [3.05, 3.63) is 59.7 Å². The van der Waals surface area contributed by atoms with Crippen molar-refractivity contribution in [2.45, 2.75) is 38.3 Å². The lowest BCUT2D eigenvalue weighted by Gasteiger charge is -2.43. The Bertz CT molecular complexity index is 685. The molecule has 2 atom stereocenters. The molecule has 1 aliphatic heterocycles. The third-order valence-electron chi connectivity index (χ3n) is 4.46. The van der Waals surface area contributed by atoms with Crippen LogP contribution >= 0.6 is 0 Å². The van der Waals surface area contributed by atoms with E-state index in [0.29, 0.717) is 6.61 Å². The standard InChI is InChI=1S/C20H25NO3/c1-20(2)19(22-4)18(23-13-14-8-6-5-7-9-14)16-12-15(21-3)10-11-17(16)24-20/h5-12,18-19,21H,13H2,1-4H3. The molecule has 2 aromatic rings. The van der Waals surface area contributed by atoms with E-state index in [0.717, 1.165) is 22.6 Å². The van der Waals surface area contributed by atoms with Gasteiger partial charge in [0.05, 0.1) is 6.61 Å². The van der Waals surface area contributed by atoms with Crippen LogP contribution in [0.2, 0.25) is 0 Å². The monoisotopic (exact) mass is 327 g/mol. The maximum atomic E-state index is 6.30. The van der Waals surface area contributed by atoms with Gasteiger partial charge in [-0.25, -0.2) is 0 Å². The minimum atomic E-state index is -0.468. The highest BCUT2D eigenvalue weighted by atomic mass is 16.6. The fourth-order valence-corrected chi connectivity index (χ4v) is 3.23. The molecular weight excluding hydrogens is 302 g/mol. The molecule has 128 valence electrons. The summed E-state index contributed by atoms with van der Waals surface area (Å²) in [6.07, 6.45) is -0.386. The van der Waals surface area contributed by atoms with Gasteiger partial charge in [0.15, 0.2) is 0 Å². The number of benzene rings is 2. The lowest BCUT2D eigenvalue weighted by atomic mass is 9.88. The third kappa shape index (κ3) is 3.25. The normalized spacial score (nSPS) is 21.7. The molecule has 1 heterocycles. The number of hydrogen-bond donors (Lipinski definition) is 1. The van der Waals surface area contributed by atoms with Gasteiger partial charge in [0.25, 0.3) is 0 Å². The van der Waals surface area contributed by atoms with E-state index < -0.39 is 5.60 Å². The van der Waals surface area contributed by atoms with Crippen molar-refractivity contribution in [2.24, 2.45) is 0 Å². The number of rotatable bonds is 5. The molecule has 4 heteroatoms. The fourth-order valence-electron chi connectivity index (χ4n) is 3.23. The van der Waals surface area contributed by atoms with E-state index in [2.05, 4.69) is 23.5 Å². The van der Waals surface area contributed by atoms with Crippen molar-refractivity contribution in [1.82, 2.24) is 0 Å². The zero-order chi connectivity index (χ0) is 17.2. The minimum Gasteiger partial charge on any atom is -0.485 e. The van der Waals surface area contributed by atoms with Crippen molar-refractivity contribution in [3.63, 3.8) is 0 Å². The van der Waals surface area contributed by atoms with Crippen LogP contribution in [0.4, 0.5) is 5.69 Å². The summed E-state index contributed by atoms with van der Waals surface area (Å²) < 4.78 is 18.2. The summed E-state index contributed by atoms with van der Waals surface area (Å²) in [5.41, 5.74) is 2.72. The molecular formula is C20H25NO3. The predicted octanol–water partition coefficient (Wildman–Crippen LogP) is 4.17. The molecule has 24 heavy (non-hydrogen) atoms. The van der Waals surface area contributed by atoms with Crippen molar-refractivity contribution in [3.8, 4) is 5.75 Å². The highest BCUT2D eigenvalue weighted by Crippen LogP contribution is 2.44. The first-order valence-corrected chi connectivity index (χ1v) is 8.24. The number of ether oxygens (including phenoxy) is 3. The van der Waals surface area contributed by atoms with E-state index in [1.54, 1.807) is 7.11 Å². The van der Waals surface area contributed by atoms with Gasteiger partial charge in [-0.3, -0.25) is 0 Å². The van der Waals surface area contributed by atoms with Crippen LogP contribution in [0, 0.1) is 0 Å². The first-order chi connectivity index (χ1) is 11.5. The average molecular weight is 327 g/mol. The molecule has 0 fully saturated rings. The van der Waals surface area contributed by atoms with Crippen LogP contribution in [0.25, 0.3) is 0 Å². The topological polar surface area (TPSA) is 39.7 Å². The van der Waals surface area contributed by atoms with E-state index in [9.17, 15) is 0 Å². The van der Waals surface area contributed by atoms with Crippen LogP contribution in [0.1, 0.15) is 31.1 Å². The fraction of sp³-hybridized carbons (Fsp3) is 0.400. The van der Waals surface area contributed by atoms with E-state index in [4.69, 9.17) is 14.2 Å². The van der Waals surface area contributed by atoms with Crippen molar-refractivity contribution >= 4 is 5.69 Å². The number of methoxy groups -OCH3 is 1. The van der Waals surface area contributed by atoms with Crippen LogP contribution in [-0.4, -0.2) is 25.9 Å². The molecule has 2 aromatic carbocycles. The van der Waals surface area contributed by atoms with Gasteiger partial charge in [-0.05, 0) is 37.6 Å². The average Bonchev–Trinajstić information content (AvgIpc) is 2.59. The lowest BCUT2D eigenvalue weighted by molar-refractivity contribution is -0.153. The Morgan fingerprint density at radius 2 is 1.88 bits per heavy atom. The summed E-state index contributed by atoms with van der Waals surface area (Å²) in [6, 6.07) is 16.3. The smallest absolute Gasteiger partial charge is 0.132 e. The minimum absolute atomic E-state index is 0.192. The molecule has 4 nitrogen and oxygen atoms in total. The molecule has 0 spiro atoms. The summed E-state index contributed by atoms with van der Waals surface area (Å²) in [5.74, 6) is 0.852. The summed E-state index contributed by atoms with van der Waals surface area (Å²) >= 11 is 0. The molecule has 0 saturated carbocycles. The Labute approximate surface area is 143 Å². The van der Waals surface area contributed by atoms with Crippen molar-refractivity contribution in [1.29, 1.82) is 0 Å². The molecule has 1 N–H and O–H groups in total. The van der Waals surface area contributed by atoms with Gasteiger partial charge < -0.3 is 19.5 Å². The number of anilines is 1. The number of nitrogens with one attached hydrogen (secondary N) is 1. The Morgan fingerprint density at radius 1 is 1.12 bits per heavy atom. The molecule has 0 amide bonds. The zero-order valence-electron chi connectivity index (χ0n) is 14.7. The first kappa shape index (κ1) is 16.8. The Balaban J connectivity index is 1.93. The van der Waals surface area contributed by atoms with Gasteiger partial charge in [-0.15, -0.1) is 0 Å². The van der Waals surface area contributed by atoms with Crippen LogP contribution in [0.15, 0.2) is 48.5 Å².